The monoisotopic (exact) mass is 284 g/mol. The molecule has 2 aromatic rings. The van der Waals surface area contributed by atoms with Crippen LogP contribution in [-0.4, -0.2) is 14.9 Å². The van der Waals surface area contributed by atoms with E-state index in [0.29, 0.717) is 10.6 Å². The Bertz CT molecular complexity index is 633. The molecule has 18 heavy (non-hydrogen) atoms. The Hall–Kier alpha value is -1.92. The highest BCUT2D eigenvalue weighted by atomic mass is 35.5. The van der Waals surface area contributed by atoms with Crippen LogP contribution in [0.1, 0.15) is 0 Å². The van der Waals surface area contributed by atoms with Crippen LogP contribution < -0.4 is 5.73 Å². The molecule has 0 aliphatic rings. The standard InChI is InChI=1S/C10H6Cl2N4O2/c11-6-2-1-5(3-7(6)12)8-9(16(17)18)10(13)15-4-14-8/h1-4H,(H2,13,14,15). The normalized spacial score (nSPS) is 10.3. The molecule has 0 fully saturated rings. The molecule has 0 atom stereocenters. The van der Waals surface area contributed by atoms with Crippen molar-refractivity contribution in [2.24, 2.45) is 0 Å². The zero-order valence-corrected chi connectivity index (χ0v) is 10.3. The van der Waals surface area contributed by atoms with Crippen LogP contribution in [0.2, 0.25) is 10.0 Å². The fourth-order valence-corrected chi connectivity index (χ4v) is 1.73. The SMILES string of the molecule is Nc1ncnc(-c2ccc(Cl)c(Cl)c2)c1[N+](=O)[O-]. The minimum atomic E-state index is -0.632. The number of hydrogen-bond donors (Lipinski definition) is 1. The van der Waals surface area contributed by atoms with Gasteiger partial charge >= 0.3 is 5.69 Å². The third-order valence-electron chi connectivity index (χ3n) is 2.23. The molecular formula is C10H6Cl2N4O2. The first-order chi connectivity index (χ1) is 8.50. The molecule has 0 aliphatic heterocycles. The maximum absolute atomic E-state index is 11.0. The summed E-state index contributed by atoms with van der Waals surface area (Å²) in [6.07, 6.45) is 1.15. The largest absolute Gasteiger partial charge is 0.378 e. The third-order valence-corrected chi connectivity index (χ3v) is 2.97. The van der Waals surface area contributed by atoms with Gasteiger partial charge in [-0.25, -0.2) is 9.97 Å². The highest BCUT2D eigenvalue weighted by Crippen LogP contribution is 2.34. The van der Waals surface area contributed by atoms with Gasteiger partial charge in [-0.15, -0.1) is 0 Å². The molecular weight excluding hydrogens is 279 g/mol. The van der Waals surface area contributed by atoms with Gasteiger partial charge in [-0.3, -0.25) is 10.1 Å². The Balaban J connectivity index is 2.67. The Kier molecular flexibility index (Phi) is 3.31. The molecule has 0 saturated carbocycles. The van der Waals surface area contributed by atoms with E-state index in [1.165, 1.54) is 12.1 Å². The number of nitrogen functional groups attached to an aromatic ring is 1. The lowest BCUT2D eigenvalue weighted by Gasteiger charge is -2.04. The van der Waals surface area contributed by atoms with E-state index in [1.807, 2.05) is 0 Å². The average molecular weight is 285 g/mol. The topological polar surface area (TPSA) is 94.9 Å². The molecule has 1 aromatic heterocycles. The van der Waals surface area contributed by atoms with E-state index in [0.717, 1.165) is 6.33 Å². The zero-order valence-electron chi connectivity index (χ0n) is 8.80. The summed E-state index contributed by atoms with van der Waals surface area (Å²) < 4.78 is 0. The quantitative estimate of drug-likeness (QED) is 0.676. The number of halogens is 2. The second-order valence-electron chi connectivity index (χ2n) is 3.34. The summed E-state index contributed by atoms with van der Waals surface area (Å²) in [4.78, 5) is 17.8. The number of aromatic nitrogens is 2. The lowest BCUT2D eigenvalue weighted by molar-refractivity contribution is -0.383. The summed E-state index contributed by atoms with van der Waals surface area (Å²) >= 11 is 11.6. The lowest BCUT2D eigenvalue weighted by Crippen LogP contribution is -2.02. The van der Waals surface area contributed by atoms with Crippen LogP contribution in [-0.2, 0) is 0 Å². The smallest absolute Gasteiger partial charge is 0.337 e. The van der Waals surface area contributed by atoms with Crippen LogP contribution in [0.5, 0.6) is 0 Å². The molecule has 0 bridgehead atoms. The van der Waals surface area contributed by atoms with Crippen molar-refractivity contribution in [3.63, 3.8) is 0 Å². The number of anilines is 1. The van der Waals surface area contributed by atoms with E-state index in [1.54, 1.807) is 6.07 Å². The lowest BCUT2D eigenvalue weighted by atomic mass is 10.1. The molecule has 0 saturated heterocycles. The van der Waals surface area contributed by atoms with Gasteiger partial charge in [-0.05, 0) is 12.1 Å². The summed E-state index contributed by atoms with van der Waals surface area (Å²) in [6.45, 7) is 0. The highest BCUT2D eigenvalue weighted by Gasteiger charge is 2.22. The van der Waals surface area contributed by atoms with Crippen LogP contribution in [0.15, 0.2) is 24.5 Å². The number of nitrogens with zero attached hydrogens (tertiary/aromatic N) is 3. The first-order valence-electron chi connectivity index (χ1n) is 4.71. The predicted octanol–water partition coefficient (Wildman–Crippen LogP) is 2.94. The molecule has 6 nitrogen and oxygen atoms in total. The van der Waals surface area contributed by atoms with Gasteiger partial charge in [0.15, 0.2) is 5.69 Å². The van der Waals surface area contributed by atoms with Gasteiger partial charge in [0.05, 0.1) is 15.0 Å². The second-order valence-corrected chi connectivity index (χ2v) is 4.16. The van der Waals surface area contributed by atoms with Crippen LogP contribution in [0, 0.1) is 10.1 Å². The van der Waals surface area contributed by atoms with E-state index in [-0.39, 0.29) is 22.2 Å². The first kappa shape index (κ1) is 12.5. The molecule has 2 rings (SSSR count). The van der Waals surface area contributed by atoms with E-state index in [4.69, 9.17) is 28.9 Å². The molecule has 8 heteroatoms. The van der Waals surface area contributed by atoms with Gasteiger partial charge in [0.25, 0.3) is 0 Å². The summed E-state index contributed by atoms with van der Waals surface area (Å²) in [6, 6.07) is 4.59. The van der Waals surface area contributed by atoms with Crippen molar-refractivity contribution in [2.45, 2.75) is 0 Å². The Morgan fingerprint density at radius 1 is 1.22 bits per heavy atom. The van der Waals surface area contributed by atoms with Crippen molar-refractivity contribution >= 4 is 34.7 Å². The fraction of sp³-hybridized carbons (Fsp3) is 0. The van der Waals surface area contributed by atoms with Gasteiger partial charge in [0.2, 0.25) is 5.82 Å². The Morgan fingerprint density at radius 3 is 2.56 bits per heavy atom. The van der Waals surface area contributed by atoms with Crippen LogP contribution in [0.3, 0.4) is 0 Å². The highest BCUT2D eigenvalue weighted by molar-refractivity contribution is 6.42. The van der Waals surface area contributed by atoms with Gasteiger partial charge < -0.3 is 5.73 Å². The van der Waals surface area contributed by atoms with Gasteiger partial charge in [0, 0.05) is 5.56 Å². The van der Waals surface area contributed by atoms with Crippen molar-refractivity contribution in [1.82, 2.24) is 9.97 Å². The average Bonchev–Trinajstić information content (AvgIpc) is 2.32. The number of nitro groups is 1. The maximum Gasteiger partial charge on any atom is 0.337 e. The second kappa shape index (κ2) is 4.75. The molecule has 1 heterocycles. The van der Waals surface area contributed by atoms with Crippen LogP contribution in [0.4, 0.5) is 11.5 Å². The van der Waals surface area contributed by atoms with E-state index in [2.05, 4.69) is 9.97 Å². The molecule has 92 valence electrons. The molecule has 0 spiro atoms. The molecule has 0 aliphatic carbocycles. The van der Waals surface area contributed by atoms with Gasteiger partial charge in [-0.2, -0.15) is 0 Å². The summed E-state index contributed by atoms with van der Waals surface area (Å²) in [5, 5.41) is 11.6. The minimum Gasteiger partial charge on any atom is -0.378 e. The van der Waals surface area contributed by atoms with Crippen molar-refractivity contribution in [3.8, 4) is 11.3 Å². The summed E-state index contributed by atoms with van der Waals surface area (Å²) in [5.74, 6) is -0.198. The molecule has 0 radical (unpaired) electrons. The van der Waals surface area contributed by atoms with Crippen molar-refractivity contribution < 1.29 is 4.92 Å². The number of benzene rings is 1. The molecule has 2 N–H and O–H groups in total. The molecule has 1 aromatic carbocycles. The maximum atomic E-state index is 11.0. The number of nitrogens with two attached hydrogens (primary N) is 1. The van der Waals surface area contributed by atoms with Crippen molar-refractivity contribution in [1.29, 1.82) is 0 Å². The molecule has 0 amide bonds. The predicted molar refractivity (Wildman–Crippen MR) is 68.6 cm³/mol. The van der Waals surface area contributed by atoms with Crippen molar-refractivity contribution in [2.75, 3.05) is 5.73 Å². The van der Waals surface area contributed by atoms with E-state index < -0.39 is 4.92 Å². The van der Waals surface area contributed by atoms with E-state index in [9.17, 15) is 10.1 Å². The van der Waals surface area contributed by atoms with Crippen LogP contribution >= 0.6 is 23.2 Å². The summed E-state index contributed by atoms with van der Waals surface area (Å²) in [5.41, 5.74) is 5.68. The number of rotatable bonds is 2. The third kappa shape index (κ3) is 2.20. The minimum absolute atomic E-state index is 0.103. The van der Waals surface area contributed by atoms with Crippen LogP contribution in [0.25, 0.3) is 11.3 Å². The van der Waals surface area contributed by atoms with Crippen molar-refractivity contribution in [3.05, 3.63) is 44.7 Å². The zero-order chi connectivity index (χ0) is 13.3. The fourth-order valence-electron chi connectivity index (χ4n) is 1.43. The first-order valence-corrected chi connectivity index (χ1v) is 5.46. The van der Waals surface area contributed by atoms with Gasteiger partial charge in [-0.1, -0.05) is 29.3 Å². The molecule has 0 unspecified atom stereocenters. The number of hydrogen-bond acceptors (Lipinski definition) is 5. The van der Waals surface area contributed by atoms with Gasteiger partial charge in [0.1, 0.15) is 6.33 Å². The summed E-state index contributed by atoms with van der Waals surface area (Å²) in [7, 11) is 0. The Labute approximate surface area is 112 Å². The van der Waals surface area contributed by atoms with E-state index >= 15 is 0 Å². The Morgan fingerprint density at radius 2 is 1.94 bits per heavy atom.